The number of rotatable bonds is 4. The molecule has 2 N–H and O–H groups in total. The number of aromatic nitrogens is 4. The molecule has 132 valence electrons. The topological polar surface area (TPSA) is 86.8 Å². The zero-order valence-electron chi connectivity index (χ0n) is 14.4. The molecule has 4 rings (SSSR count). The molecular weight excluding hydrogens is 328 g/mol. The van der Waals surface area contributed by atoms with Gasteiger partial charge in [-0.2, -0.15) is 5.10 Å². The van der Waals surface area contributed by atoms with Crippen LogP contribution >= 0.6 is 0 Å². The first-order chi connectivity index (χ1) is 12.8. The highest BCUT2D eigenvalue weighted by Crippen LogP contribution is 2.27. The van der Waals surface area contributed by atoms with E-state index in [1.807, 2.05) is 30.3 Å². The highest BCUT2D eigenvalue weighted by Gasteiger charge is 2.20. The Kier molecular flexibility index (Phi) is 4.59. The summed E-state index contributed by atoms with van der Waals surface area (Å²) in [5, 5.41) is 9.72. The largest absolute Gasteiger partial charge is 0.356 e. The molecule has 0 unspecified atom stereocenters. The number of hydrogen-bond donors (Lipinski definition) is 2. The van der Waals surface area contributed by atoms with E-state index in [9.17, 15) is 4.79 Å². The van der Waals surface area contributed by atoms with E-state index in [2.05, 4.69) is 30.4 Å². The number of benzene rings is 1. The smallest absolute Gasteiger partial charge is 0.259 e. The minimum atomic E-state index is -0.175. The van der Waals surface area contributed by atoms with E-state index in [-0.39, 0.29) is 5.91 Å². The molecular formula is C19H20N6O. The second kappa shape index (κ2) is 7.35. The van der Waals surface area contributed by atoms with Gasteiger partial charge in [-0.05, 0) is 43.5 Å². The third kappa shape index (κ3) is 3.28. The van der Waals surface area contributed by atoms with Crippen molar-refractivity contribution in [2.45, 2.75) is 19.3 Å². The summed E-state index contributed by atoms with van der Waals surface area (Å²) >= 11 is 0. The lowest BCUT2D eigenvalue weighted by Gasteiger charge is -2.29. The Hall–Kier alpha value is -3.22. The van der Waals surface area contributed by atoms with Crippen LogP contribution in [0.1, 0.15) is 29.6 Å². The number of para-hydroxylation sites is 1. The average Bonchev–Trinajstić information content (AvgIpc) is 3.24. The molecule has 26 heavy (non-hydrogen) atoms. The third-order valence-corrected chi connectivity index (χ3v) is 4.53. The van der Waals surface area contributed by atoms with E-state index in [0.29, 0.717) is 17.1 Å². The maximum atomic E-state index is 13.0. The summed E-state index contributed by atoms with van der Waals surface area (Å²) in [5.41, 5.74) is 2.06. The SMILES string of the molecule is O=C(Nc1ccccc1-c1ncn[nH]1)c1cccnc1N1CCCCC1. The van der Waals surface area contributed by atoms with Crippen molar-refractivity contribution in [2.24, 2.45) is 0 Å². The predicted molar refractivity (Wildman–Crippen MR) is 100 cm³/mol. The molecule has 7 heteroatoms. The zero-order chi connectivity index (χ0) is 17.8. The number of nitrogens with zero attached hydrogens (tertiary/aromatic N) is 4. The molecule has 0 radical (unpaired) electrons. The standard InChI is InChI=1S/C19H20N6O/c26-19(15-8-6-10-20-18(15)25-11-4-1-5-12-25)23-16-9-3-2-7-14(16)17-21-13-22-24-17/h2-3,6-10,13H,1,4-5,11-12H2,(H,23,26)(H,21,22,24). The lowest BCUT2D eigenvalue weighted by atomic mass is 10.1. The van der Waals surface area contributed by atoms with Gasteiger partial charge in [-0.1, -0.05) is 12.1 Å². The molecule has 0 atom stereocenters. The van der Waals surface area contributed by atoms with Crippen molar-refractivity contribution in [1.29, 1.82) is 0 Å². The first kappa shape index (κ1) is 16.3. The van der Waals surface area contributed by atoms with Crippen molar-refractivity contribution in [1.82, 2.24) is 20.2 Å². The number of pyridine rings is 1. The monoisotopic (exact) mass is 348 g/mol. The summed E-state index contributed by atoms with van der Waals surface area (Å²) < 4.78 is 0. The second-order valence-corrected chi connectivity index (χ2v) is 6.26. The Labute approximate surface area is 151 Å². The molecule has 1 aliphatic heterocycles. The van der Waals surface area contributed by atoms with Crippen molar-refractivity contribution in [3.05, 3.63) is 54.5 Å². The summed E-state index contributed by atoms with van der Waals surface area (Å²) in [6, 6.07) is 11.1. The van der Waals surface area contributed by atoms with Crippen LogP contribution in [0.4, 0.5) is 11.5 Å². The molecule has 2 aromatic heterocycles. The van der Waals surface area contributed by atoms with Crippen molar-refractivity contribution >= 4 is 17.4 Å². The zero-order valence-corrected chi connectivity index (χ0v) is 14.4. The van der Waals surface area contributed by atoms with Gasteiger partial charge in [-0.25, -0.2) is 9.97 Å². The van der Waals surface area contributed by atoms with Gasteiger partial charge in [0.2, 0.25) is 0 Å². The van der Waals surface area contributed by atoms with Crippen LogP contribution in [0.15, 0.2) is 48.9 Å². The van der Waals surface area contributed by atoms with E-state index >= 15 is 0 Å². The Balaban J connectivity index is 1.62. The second-order valence-electron chi connectivity index (χ2n) is 6.26. The number of carbonyl (C=O) groups is 1. The number of H-pyrrole nitrogens is 1. The predicted octanol–water partition coefficient (Wildman–Crippen LogP) is 3.11. The maximum absolute atomic E-state index is 13.0. The van der Waals surface area contributed by atoms with E-state index in [1.54, 1.807) is 12.3 Å². The van der Waals surface area contributed by atoms with Gasteiger partial charge in [0.25, 0.3) is 5.91 Å². The van der Waals surface area contributed by atoms with Gasteiger partial charge < -0.3 is 10.2 Å². The first-order valence-electron chi connectivity index (χ1n) is 8.79. The Morgan fingerprint density at radius 1 is 1.04 bits per heavy atom. The number of amides is 1. The van der Waals surface area contributed by atoms with Crippen LogP contribution in [0.3, 0.4) is 0 Å². The van der Waals surface area contributed by atoms with Gasteiger partial charge in [0, 0.05) is 24.8 Å². The fourth-order valence-electron chi connectivity index (χ4n) is 3.26. The van der Waals surface area contributed by atoms with Gasteiger partial charge in [-0.3, -0.25) is 9.89 Å². The third-order valence-electron chi connectivity index (χ3n) is 4.53. The number of piperidine rings is 1. The molecule has 0 aliphatic carbocycles. The van der Waals surface area contributed by atoms with E-state index in [4.69, 9.17) is 0 Å². The van der Waals surface area contributed by atoms with Gasteiger partial charge in [0.1, 0.15) is 12.1 Å². The van der Waals surface area contributed by atoms with Crippen LogP contribution in [-0.4, -0.2) is 39.2 Å². The van der Waals surface area contributed by atoms with Gasteiger partial charge in [0.05, 0.1) is 11.3 Å². The van der Waals surface area contributed by atoms with E-state index in [1.165, 1.54) is 12.7 Å². The summed E-state index contributed by atoms with van der Waals surface area (Å²) in [4.78, 5) is 23.8. The van der Waals surface area contributed by atoms with Crippen LogP contribution in [0, 0.1) is 0 Å². The molecule has 1 saturated heterocycles. The Morgan fingerprint density at radius 2 is 1.88 bits per heavy atom. The fraction of sp³-hybridized carbons (Fsp3) is 0.263. The maximum Gasteiger partial charge on any atom is 0.259 e. The lowest BCUT2D eigenvalue weighted by molar-refractivity contribution is 0.102. The normalized spacial score (nSPS) is 14.2. The van der Waals surface area contributed by atoms with Crippen LogP contribution in [-0.2, 0) is 0 Å². The molecule has 0 spiro atoms. The number of carbonyl (C=O) groups excluding carboxylic acids is 1. The van der Waals surface area contributed by atoms with Crippen LogP contribution in [0.2, 0.25) is 0 Å². The number of hydrogen-bond acceptors (Lipinski definition) is 5. The van der Waals surface area contributed by atoms with E-state index in [0.717, 1.165) is 37.3 Å². The molecule has 3 aromatic rings. The van der Waals surface area contributed by atoms with E-state index < -0.39 is 0 Å². The number of nitrogens with one attached hydrogen (secondary N) is 2. The number of aromatic amines is 1. The van der Waals surface area contributed by atoms with Gasteiger partial charge >= 0.3 is 0 Å². The summed E-state index contributed by atoms with van der Waals surface area (Å²) in [6.07, 6.45) is 6.68. The highest BCUT2D eigenvalue weighted by atomic mass is 16.1. The van der Waals surface area contributed by atoms with Crippen molar-refractivity contribution in [2.75, 3.05) is 23.3 Å². The molecule has 0 saturated carbocycles. The lowest BCUT2D eigenvalue weighted by Crippen LogP contribution is -2.32. The quantitative estimate of drug-likeness (QED) is 0.756. The molecule has 0 bridgehead atoms. The molecule has 1 fully saturated rings. The van der Waals surface area contributed by atoms with Crippen molar-refractivity contribution < 1.29 is 4.79 Å². The minimum absolute atomic E-state index is 0.175. The summed E-state index contributed by atoms with van der Waals surface area (Å²) in [6.45, 7) is 1.87. The Bertz CT molecular complexity index is 887. The average molecular weight is 348 g/mol. The molecule has 1 amide bonds. The highest BCUT2D eigenvalue weighted by molar-refractivity contribution is 6.09. The minimum Gasteiger partial charge on any atom is -0.356 e. The Morgan fingerprint density at radius 3 is 2.69 bits per heavy atom. The van der Waals surface area contributed by atoms with Crippen LogP contribution in [0.25, 0.3) is 11.4 Å². The van der Waals surface area contributed by atoms with Gasteiger partial charge in [0.15, 0.2) is 5.82 Å². The fourth-order valence-corrected chi connectivity index (χ4v) is 3.26. The first-order valence-corrected chi connectivity index (χ1v) is 8.79. The van der Waals surface area contributed by atoms with Crippen molar-refractivity contribution in [3.63, 3.8) is 0 Å². The molecule has 7 nitrogen and oxygen atoms in total. The van der Waals surface area contributed by atoms with Crippen LogP contribution < -0.4 is 10.2 Å². The molecule has 1 aliphatic rings. The summed E-state index contributed by atoms with van der Waals surface area (Å²) in [5.74, 6) is 1.19. The number of anilines is 2. The van der Waals surface area contributed by atoms with Crippen LogP contribution in [0.5, 0.6) is 0 Å². The van der Waals surface area contributed by atoms with Gasteiger partial charge in [-0.15, -0.1) is 0 Å². The molecule has 1 aromatic carbocycles. The molecule has 3 heterocycles. The van der Waals surface area contributed by atoms with Crippen molar-refractivity contribution in [3.8, 4) is 11.4 Å². The summed E-state index contributed by atoms with van der Waals surface area (Å²) in [7, 11) is 0.